The maximum absolute atomic E-state index is 13.1. The largest absolute Gasteiger partial charge is 0.416 e. The Balaban J connectivity index is 1.56. The molecule has 0 aliphatic carbocycles. The Bertz CT molecular complexity index is 1270. The highest BCUT2D eigenvalue weighted by Gasteiger charge is 2.38. The fourth-order valence-corrected chi connectivity index (χ4v) is 4.93. The summed E-state index contributed by atoms with van der Waals surface area (Å²) >= 11 is 1.41. The number of hydrogen-bond donors (Lipinski definition) is 1. The highest BCUT2D eigenvalue weighted by Crippen LogP contribution is 2.42. The summed E-state index contributed by atoms with van der Waals surface area (Å²) in [6, 6.07) is 14.4. The predicted octanol–water partition coefficient (Wildman–Crippen LogP) is 7.06. The molecule has 1 aliphatic heterocycles. The summed E-state index contributed by atoms with van der Waals surface area (Å²) in [4.78, 5) is 26.7. The Labute approximate surface area is 206 Å². The number of nitrogens with one attached hydrogen (secondary N) is 1. The fourth-order valence-electron chi connectivity index (χ4n) is 3.75. The smallest absolute Gasteiger partial charge is 0.322 e. The molecule has 1 heterocycles. The number of nitrogens with zero attached hydrogens (tertiary/aromatic N) is 1. The minimum atomic E-state index is -5.06. The number of rotatable bonds is 4. The topological polar surface area (TPSA) is 49.4 Å². The molecule has 0 aromatic heterocycles. The first-order chi connectivity index (χ1) is 16.8. The Hall–Kier alpha value is -3.47. The van der Waals surface area contributed by atoms with Crippen molar-refractivity contribution in [1.29, 1.82) is 0 Å². The maximum Gasteiger partial charge on any atom is 0.416 e. The van der Waals surface area contributed by atoms with E-state index in [0.717, 1.165) is 16.8 Å². The summed E-state index contributed by atoms with van der Waals surface area (Å²) in [5.74, 6) is -0.919. The summed E-state index contributed by atoms with van der Waals surface area (Å²) in [5, 5.41) is 2.00. The summed E-state index contributed by atoms with van der Waals surface area (Å²) in [6.07, 6.45) is -10.1. The van der Waals surface area contributed by atoms with Crippen molar-refractivity contribution in [3.05, 3.63) is 94.5 Å². The van der Waals surface area contributed by atoms with Crippen molar-refractivity contribution in [1.82, 2.24) is 0 Å². The first-order valence-corrected chi connectivity index (χ1v) is 11.6. The van der Waals surface area contributed by atoms with Crippen molar-refractivity contribution < 1.29 is 35.9 Å². The molecule has 1 atom stereocenters. The van der Waals surface area contributed by atoms with Gasteiger partial charge in [-0.1, -0.05) is 24.3 Å². The quantitative estimate of drug-likeness (QED) is 0.372. The van der Waals surface area contributed by atoms with Crippen molar-refractivity contribution in [3.8, 4) is 0 Å². The molecule has 0 saturated carbocycles. The Morgan fingerprint density at radius 3 is 2.08 bits per heavy atom. The number of hydrogen-bond acceptors (Lipinski definition) is 3. The van der Waals surface area contributed by atoms with Gasteiger partial charge in [0.15, 0.2) is 0 Å². The number of halogens is 6. The van der Waals surface area contributed by atoms with Crippen LogP contribution in [0.3, 0.4) is 0 Å². The second-order valence-corrected chi connectivity index (χ2v) is 9.21. The zero-order valence-corrected chi connectivity index (χ0v) is 19.4. The van der Waals surface area contributed by atoms with Crippen molar-refractivity contribution in [3.63, 3.8) is 0 Å². The zero-order chi connectivity index (χ0) is 26.3. The number of thioether (sulfide) groups is 1. The number of anilines is 2. The van der Waals surface area contributed by atoms with Crippen LogP contribution in [-0.2, 0) is 17.1 Å². The van der Waals surface area contributed by atoms with Crippen LogP contribution in [0, 0.1) is 6.92 Å². The van der Waals surface area contributed by atoms with E-state index >= 15 is 0 Å². The number of benzene rings is 3. The van der Waals surface area contributed by atoms with E-state index in [1.54, 1.807) is 17.0 Å². The highest BCUT2D eigenvalue weighted by atomic mass is 32.2. The van der Waals surface area contributed by atoms with Gasteiger partial charge in [0.1, 0.15) is 5.37 Å². The van der Waals surface area contributed by atoms with E-state index in [-0.39, 0.29) is 28.8 Å². The molecule has 0 radical (unpaired) electrons. The minimum Gasteiger partial charge on any atom is -0.322 e. The Morgan fingerprint density at radius 2 is 1.53 bits per heavy atom. The molecule has 1 saturated heterocycles. The number of aryl methyl sites for hydroxylation is 1. The second kappa shape index (κ2) is 9.53. The van der Waals surface area contributed by atoms with Gasteiger partial charge in [0.2, 0.25) is 5.91 Å². The van der Waals surface area contributed by atoms with Gasteiger partial charge in [0.05, 0.1) is 16.9 Å². The van der Waals surface area contributed by atoms with Gasteiger partial charge in [-0.05, 0) is 60.5 Å². The van der Waals surface area contributed by atoms with E-state index < -0.39 is 35.0 Å². The summed E-state index contributed by atoms with van der Waals surface area (Å²) in [7, 11) is 0. The first-order valence-electron chi connectivity index (χ1n) is 10.5. The van der Waals surface area contributed by atoms with Crippen LogP contribution in [0.25, 0.3) is 0 Å². The van der Waals surface area contributed by atoms with Crippen molar-refractivity contribution in [2.24, 2.45) is 0 Å². The van der Waals surface area contributed by atoms with E-state index in [0.29, 0.717) is 12.1 Å². The number of carbonyl (C=O) groups is 2. The third-order valence-corrected chi connectivity index (χ3v) is 6.66. The van der Waals surface area contributed by atoms with E-state index in [1.165, 1.54) is 23.9 Å². The van der Waals surface area contributed by atoms with Gasteiger partial charge in [-0.25, -0.2) is 0 Å². The third-order valence-electron chi connectivity index (χ3n) is 5.45. The molecule has 1 N–H and O–H groups in total. The lowest BCUT2D eigenvalue weighted by Crippen LogP contribution is -2.27. The molecule has 2 amide bonds. The summed E-state index contributed by atoms with van der Waals surface area (Å²) < 4.78 is 78.6. The minimum absolute atomic E-state index is 0.0356. The number of alkyl halides is 6. The molecule has 0 spiro atoms. The van der Waals surface area contributed by atoms with Gasteiger partial charge in [0.25, 0.3) is 5.91 Å². The summed E-state index contributed by atoms with van der Waals surface area (Å²) in [6.45, 7) is 1.91. The van der Waals surface area contributed by atoms with Gasteiger partial charge < -0.3 is 5.32 Å². The number of amides is 2. The molecule has 3 aromatic rings. The molecule has 1 fully saturated rings. The molecular weight excluding hydrogens is 506 g/mol. The normalized spacial score (nSPS) is 16.4. The van der Waals surface area contributed by atoms with E-state index in [4.69, 9.17) is 0 Å². The maximum atomic E-state index is 13.1. The molecular formula is C25H18F6N2O2S. The molecule has 1 aliphatic rings. The van der Waals surface area contributed by atoms with E-state index in [2.05, 4.69) is 5.32 Å². The van der Waals surface area contributed by atoms with Crippen LogP contribution in [0.2, 0.25) is 0 Å². The Morgan fingerprint density at radius 1 is 0.917 bits per heavy atom. The molecule has 0 unspecified atom stereocenters. The molecule has 11 heteroatoms. The average molecular weight is 524 g/mol. The van der Waals surface area contributed by atoms with Crippen LogP contribution in [0.15, 0.2) is 66.7 Å². The van der Waals surface area contributed by atoms with Crippen LogP contribution < -0.4 is 10.2 Å². The molecule has 4 nitrogen and oxygen atoms in total. The predicted molar refractivity (Wildman–Crippen MR) is 125 cm³/mol. The van der Waals surface area contributed by atoms with Crippen LogP contribution in [0.5, 0.6) is 0 Å². The zero-order valence-electron chi connectivity index (χ0n) is 18.6. The molecule has 4 rings (SSSR count). The summed E-state index contributed by atoms with van der Waals surface area (Å²) in [5.41, 5.74) is -1.29. The number of carbonyl (C=O) groups excluding carboxylic acids is 2. The average Bonchev–Trinajstić information content (AvgIpc) is 3.19. The van der Waals surface area contributed by atoms with Crippen molar-refractivity contribution in [2.75, 3.05) is 16.0 Å². The van der Waals surface area contributed by atoms with Gasteiger partial charge in [-0.15, -0.1) is 11.8 Å². The lowest BCUT2D eigenvalue weighted by molar-refractivity contribution is -0.143. The van der Waals surface area contributed by atoms with Crippen LogP contribution >= 0.6 is 11.8 Å². The van der Waals surface area contributed by atoms with Crippen molar-refractivity contribution in [2.45, 2.75) is 24.7 Å². The molecule has 0 bridgehead atoms. The van der Waals surface area contributed by atoms with Crippen LogP contribution in [-0.4, -0.2) is 17.6 Å². The molecule has 188 valence electrons. The second-order valence-electron chi connectivity index (χ2n) is 8.14. The fraction of sp³-hybridized carbons (Fsp3) is 0.200. The monoisotopic (exact) mass is 524 g/mol. The molecule has 3 aromatic carbocycles. The standard InChI is InChI=1S/C25H18F6N2O2S/c1-14-3-2-4-20(9-14)33-21(34)13-36-23(33)15-5-7-19(8-6-15)32-22(35)16-10-17(24(26,27)28)12-18(11-16)25(29,30)31/h2-12,23H,13H2,1H3,(H,32,35)/t23-/m1/s1. The van der Waals surface area contributed by atoms with Gasteiger partial charge in [-0.3, -0.25) is 14.5 Å². The van der Waals surface area contributed by atoms with E-state index in [9.17, 15) is 35.9 Å². The van der Waals surface area contributed by atoms with Crippen LogP contribution in [0.4, 0.5) is 37.7 Å². The molecule has 36 heavy (non-hydrogen) atoms. The Kier molecular flexibility index (Phi) is 6.78. The highest BCUT2D eigenvalue weighted by molar-refractivity contribution is 8.00. The van der Waals surface area contributed by atoms with Crippen molar-refractivity contribution >= 4 is 35.0 Å². The third kappa shape index (κ3) is 5.51. The lowest BCUT2D eigenvalue weighted by atomic mass is 10.0. The SMILES string of the molecule is Cc1cccc(N2C(=O)CS[C@@H]2c2ccc(NC(=O)c3cc(C(F)(F)F)cc(C(F)(F)F)c3)cc2)c1. The van der Waals surface area contributed by atoms with E-state index in [1.807, 2.05) is 31.2 Å². The van der Waals surface area contributed by atoms with Crippen LogP contribution in [0.1, 0.15) is 38.0 Å². The van der Waals surface area contributed by atoms with Gasteiger partial charge in [-0.2, -0.15) is 26.3 Å². The van der Waals surface area contributed by atoms with Gasteiger partial charge in [0, 0.05) is 16.9 Å². The van der Waals surface area contributed by atoms with Gasteiger partial charge >= 0.3 is 12.4 Å². The first kappa shape index (κ1) is 25.6. The lowest BCUT2D eigenvalue weighted by Gasteiger charge is -2.25.